The van der Waals surface area contributed by atoms with Gasteiger partial charge in [-0.25, -0.2) is 0 Å². The highest BCUT2D eigenvalue weighted by Crippen LogP contribution is 2.15. The first-order chi connectivity index (χ1) is 9.19. The summed E-state index contributed by atoms with van der Waals surface area (Å²) < 4.78 is 10.6. The fourth-order valence-electron chi connectivity index (χ4n) is 2.33. The summed E-state index contributed by atoms with van der Waals surface area (Å²) in [6.07, 6.45) is 2.51. The summed E-state index contributed by atoms with van der Waals surface area (Å²) >= 11 is 0. The van der Waals surface area contributed by atoms with E-state index >= 15 is 0 Å². The summed E-state index contributed by atoms with van der Waals surface area (Å²) in [6.45, 7) is 5.42. The second-order valence-corrected chi connectivity index (χ2v) is 5.08. The molecule has 0 spiro atoms. The van der Waals surface area contributed by atoms with Crippen LogP contribution in [0, 0.1) is 0 Å². The first kappa shape index (κ1) is 14.1. The highest BCUT2D eigenvalue weighted by molar-refractivity contribution is 5.91. The highest BCUT2D eigenvalue weighted by Gasteiger charge is 2.17. The molecule has 1 aromatic heterocycles. The summed E-state index contributed by atoms with van der Waals surface area (Å²) in [5.74, 6) is 1.04. The molecule has 0 saturated carbocycles. The Bertz CT molecular complexity index is 411. The second kappa shape index (κ2) is 6.73. The lowest BCUT2D eigenvalue weighted by atomic mass is 10.3. The van der Waals surface area contributed by atoms with Crippen molar-refractivity contribution in [3.05, 3.63) is 23.7 Å². The molecule has 19 heavy (non-hydrogen) atoms. The number of carbonyl (C=O) groups excluding carboxylic acids is 1. The third kappa shape index (κ3) is 4.08. The van der Waals surface area contributed by atoms with E-state index in [1.165, 1.54) is 12.8 Å². The molecule has 5 nitrogen and oxygen atoms in total. The van der Waals surface area contributed by atoms with Crippen molar-refractivity contribution >= 4 is 5.91 Å². The quantitative estimate of drug-likeness (QED) is 0.850. The van der Waals surface area contributed by atoms with Gasteiger partial charge >= 0.3 is 0 Å². The minimum Gasteiger partial charge on any atom is -0.455 e. The Labute approximate surface area is 113 Å². The van der Waals surface area contributed by atoms with E-state index in [2.05, 4.69) is 10.2 Å². The van der Waals surface area contributed by atoms with Crippen molar-refractivity contribution in [2.45, 2.75) is 32.4 Å². The molecule has 0 bridgehead atoms. The van der Waals surface area contributed by atoms with Crippen molar-refractivity contribution in [2.24, 2.45) is 0 Å². The molecule has 5 heteroatoms. The normalized spacial score (nSPS) is 17.6. The molecule has 0 unspecified atom stereocenters. The van der Waals surface area contributed by atoms with E-state index in [0.29, 0.717) is 12.4 Å². The zero-order valence-electron chi connectivity index (χ0n) is 11.6. The monoisotopic (exact) mass is 266 g/mol. The van der Waals surface area contributed by atoms with Crippen LogP contribution in [0.15, 0.2) is 16.5 Å². The van der Waals surface area contributed by atoms with Gasteiger partial charge in [0.1, 0.15) is 5.76 Å². The molecule has 1 amide bonds. The molecule has 2 heterocycles. The van der Waals surface area contributed by atoms with Gasteiger partial charge in [-0.05, 0) is 45.0 Å². The van der Waals surface area contributed by atoms with Crippen molar-refractivity contribution < 1.29 is 13.9 Å². The zero-order valence-corrected chi connectivity index (χ0v) is 11.6. The van der Waals surface area contributed by atoms with Gasteiger partial charge in [-0.1, -0.05) is 0 Å². The predicted molar refractivity (Wildman–Crippen MR) is 72.0 cm³/mol. The topological polar surface area (TPSA) is 54.7 Å². The van der Waals surface area contributed by atoms with Crippen LogP contribution in [0.5, 0.6) is 0 Å². The van der Waals surface area contributed by atoms with E-state index < -0.39 is 0 Å². The van der Waals surface area contributed by atoms with E-state index in [1.54, 1.807) is 13.2 Å². The molecule has 0 aromatic carbocycles. The average Bonchev–Trinajstić information content (AvgIpc) is 3.01. The van der Waals surface area contributed by atoms with Gasteiger partial charge in [0.25, 0.3) is 5.91 Å². The number of likely N-dealkylation sites (tertiary alicyclic amines) is 1. The highest BCUT2D eigenvalue weighted by atomic mass is 16.5. The SMILES string of the molecule is COC[C@H](C)NC(=O)c1ccc(CN2CCCC2)o1. The van der Waals surface area contributed by atoms with Gasteiger partial charge in [0.15, 0.2) is 5.76 Å². The van der Waals surface area contributed by atoms with Gasteiger partial charge < -0.3 is 14.5 Å². The first-order valence-electron chi connectivity index (χ1n) is 6.80. The smallest absolute Gasteiger partial charge is 0.287 e. The van der Waals surface area contributed by atoms with Gasteiger partial charge in [-0.2, -0.15) is 0 Å². The van der Waals surface area contributed by atoms with Gasteiger partial charge in [0, 0.05) is 13.2 Å². The standard InChI is InChI=1S/C14H22N2O3/c1-11(10-18-2)15-14(17)13-6-5-12(19-13)9-16-7-3-4-8-16/h5-6,11H,3-4,7-10H2,1-2H3,(H,15,17)/t11-/m0/s1. The number of hydrogen-bond donors (Lipinski definition) is 1. The van der Waals surface area contributed by atoms with E-state index in [1.807, 2.05) is 13.0 Å². The Morgan fingerprint density at radius 1 is 1.47 bits per heavy atom. The Morgan fingerprint density at radius 3 is 2.89 bits per heavy atom. The number of furan rings is 1. The number of amides is 1. The largest absolute Gasteiger partial charge is 0.455 e. The fourth-order valence-corrected chi connectivity index (χ4v) is 2.33. The molecule has 1 saturated heterocycles. The van der Waals surface area contributed by atoms with Gasteiger partial charge in [-0.15, -0.1) is 0 Å². The molecule has 1 aliphatic rings. The molecule has 2 rings (SSSR count). The molecular formula is C14H22N2O3. The average molecular weight is 266 g/mol. The maximum atomic E-state index is 11.9. The lowest BCUT2D eigenvalue weighted by molar-refractivity contribution is 0.0874. The van der Waals surface area contributed by atoms with Crippen LogP contribution in [0.1, 0.15) is 36.1 Å². The molecule has 106 valence electrons. The van der Waals surface area contributed by atoms with Crippen molar-refractivity contribution in [1.29, 1.82) is 0 Å². The fraction of sp³-hybridized carbons (Fsp3) is 0.643. The Balaban J connectivity index is 1.86. The zero-order chi connectivity index (χ0) is 13.7. The van der Waals surface area contributed by atoms with Crippen molar-refractivity contribution in [1.82, 2.24) is 10.2 Å². The number of carbonyl (C=O) groups is 1. The lowest BCUT2D eigenvalue weighted by Gasteiger charge is -2.12. The van der Waals surface area contributed by atoms with Gasteiger partial charge in [0.2, 0.25) is 0 Å². The van der Waals surface area contributed by atoms with Crippen molar-refractivity contribution in [3.63, 3.8) is 0 Å². The third-order valence-corrected chi connectivity index (χ3v) is 3.26. The van der Waals surface area contributed by atoms with Crippen LogP contribution in [-0.2, 0) is 11.3 Å². The Morgan fingerprint density at radius 2 is 2.21 bits per heavy atom. The van der Waals surface area contributed by atoms with E-state index in [9.17, 15) is 4.79 Å². The third-order valence-electron chi connectivity index (χ3n) is 3.26. The summed E-state index contributed by atoms with van der Waals surface area (Å²) in [4.78, 5) is 14.2. The molecule has 0 aliphatic carbocycles. The van der Waals surface area contributed by atoms with Crippen molar-refractivity contribution in [3.8, 4) is 0 Å². The number of hydrogen-bond acceptors (Lipinski definition) is 4. The lowest BCUT2D eigenvalue weighted by Crippen LogP contribution is -2.35. The number of ether oxygens (including phenoxy) is 1. The number of methoxy groups -OCH3 is 1. The van der Waals surface area contributed by atoms with Crippen molar-refractivity contribution in [2.75, 3.05) is 26.8 Å². The number of nitrogens with zero attached hydrogens (tertiary/aromatic N) is 1. The molecule has 1 fully saturated rings. The van der Waals surface area contributed by atoms with Crippen LogP contribution in [0.25, 0.3) is 0 Å². The summed E-state index contributed by atoms with van der Waals surface area (Å²) in [5, 5.41) is 2.83. The maximum Gasteiger partial charge on any atom is 0.287 e. The first-order valence-corrected chi connectivity index (χ1v) is 6.80. The number of nitrogens with one attached hydrogen (secondary N) is 1. The molecule has 1 N–H and O–H groups in total. The Kier molecular flexibility index (Phi) is 4.99. The van der Waals surface area contributed by atoms with Gasteiger partial charge in [-0.3, -0.25) is 9.69 Å². The molecule has 1 atom stereocenters. The molecule has 1 aliphatic heterocycles. The minimum absolute atomic E-state index is 0.0235. The maximum absolute atomic E-state index is 11.9. The van der Waals surface area contributed by atoms with Crippen LogP contribution in [0.2, 0.25) is 0 Å². The Hall–Kier alpha value is -1.33. The summed E-state index contributed by atoms with van der Waals surface area (Å²) in [5.41, 5.74) is 0. The molecule has 0 radical (unpaired) electrons. The number of rotatable bonds is 6. The summed E-state index contributed by atoms with van der Waals surface area (Å²) in [6, 6.07) is 3.60. The van der Waals surface area contributed by atoms with Crippen LogP contribution in [0.4, 0.5) is 0 Å². The van der Waals surface area contributed by atoms with Crippen LogP contribution in [0.3, 0.4) is 0 Å². The minimum atomic E-state index is -0.183. The summed E-state index contributed by atoms with van der Waals surface area (Å²) in [7, 11) is 1.61. The van der Waals surface area contributed by atoms with Crippen LogP contribution in [-0.4, -0.2) is 43.7 Å². The molecule has 1 aromatic rings. The molecular weight excluding hydrogens is 244 g/mol. The van der Waals surface area contributed by atoms with E-state index in [0.717, 1.165) is 25.4 Å². The van der Waals surface area contributed by atoms with E-state index in [-0.39, 0.29) is 11.9 Å². The van der Waals surface area contributed by atoms with E-state index in [4.69, 9.17) is 9.15 Å². The van der Waals surface area contributed by atoms with Crippen LogP contribution < -0.4 is 5.32 Å². The predicted octanol–water partition coefficient (Wildman–Crippen LogP) is 1.64. The van der Waals surface area contributed by atoms with Crippen LogP contribution >= 0.6 is 0 Å². The second-order valence-electron chi connectivity index (χ2n) is 5.08. The van der Waals surface area contributed by atoms with Gasteiger partial charge in [0.05, 0.1) is 13.2 Å².